The molecule has 0 aromatic rings. The van der Waals surface area contributed by atoms with E-state index >= 15 is 0 Å². The molecule has 0 saturated heterocycles. The third-order valence-corrected chi connectivity index (χ3v) is 8.79. The summed E-state index contributed by atoms with van der Waals surface area (Å²) in [6.07, 6.45) is 46.5. The molecule has 5 nitrogen and oxygen atoms in total. The SMILES string of the molecule is CCCCCCCCCCCCC/C=C/C=C/C(=O)OCC[N+](C)(C)CCOC(=O)/C=C/C=C/CCCCCCCCCCCCC. The molecule has 0 spiro atoms. The van der Waals surface area contributed by atoms with E-state index in [9.17, 15) is 9.59 Å². The van der Waals surface area contributed by atoms with Gasteiger partial charge in [-0.05, 0) is 25.7 Å². The Balaban J connectivity index is 3.72. The van der Waals surface area contributed by atoms with E-state index in [0.29, 0.717) is 30.8 Å². The number of rotatable bonds is 34. The van der Waals surface area contributed by atoms with E-state index in [1.54, 1.807) is 12.2 Å². The predicted molar refractivity (Wildman–Crippen MR) is 202 cm³/mol. The number of carbonyl (C=O) groups excluding carboxylic acids is 2. The molecule has 0 fully saturated rings. The Bertz CT molecular complexity index is 760. The molecule has 0 saturated carbocycles. The Morgan fingerprint density at radius 1 is 0.447 bits per heavy atom. The number of ether oxygens (including phenoxy) is 2. The Kier molecular flexibility index (Phi) is 33.6. The smallest absolute Gasteiger partial charge is 0.330 e. The first-order chi connectivity index (χ1) is 22.9. The number of nitrogens with zero attached hydrogens (tertiary/aromatic N) is 1. The summed E-state index contributed by atoms with van der Waals surface area (Å²) in [4.78, 5) is 24.0. The van der Waals surface area contributed by atoms with Crippen molar-refractivity contribution in [3.8, 4) is 0 Å². The quantitative estimate of drug-likeness (QED) is 0.0227. The van der Waals surface area contributed by atoms with Crippen molar-refractivity contribution in [3.05, 3.63) is 48.6 Å². The molecular formula is C42H76NO4+. The second-order valence-electron chi connectivity index (χ2n) is 13.9. The minimum Gasteiger partial charge on any atom is -0.457 e. The molecule has 272 valence electrons. The zero-order valence-corrected chi connectivity index (χ0v) is 31.5. The van der Waals surface area contributed by atoms with Crippen LogP contribution in [-0.2, 0) is 19.1 Å². The highest BCUT2D eigenvalue weighted by Crippen LogP contribution is 2.13. The van der Waals surface area contributed by atoms with Gasteiger partial charge in [0.2, 0.25) is 0 Å². The van der Waals surface area contributed by atoms with Crippen LogP contribution in [-0.4, -0.2) is 56.8 Å². The van der Waals surface area contributed by atoms with E-state index in [1.165, 1.54) is 153 Å². The lowest BCUT2D eigenvalue weighted by molar-refractivity contribution is -0.890. The third kappa shape index (κ3) is 36.5. The molecule has 0 aromatic carbocycles. The molecule has 0 unspecified atom stereocenters. The number of esters is 2. The first kappa shape index (κ1) is 44.9. The highest BCUT2D eigenvalue weighted by Gasteiger charge is 2.16. The summed E-state index contributed by atoms with van der Waals surface area (Å²) >= 11 is 0. The van der Waals surface area contributed by atoms with Crippen LogP contribution in [0.4, 0.5) is 0 Å². The van der Waals surface area contributed by atoms with Gasteiger partial charge in [0.15, 0.2) is 0 Å². The van der Waals surface area contributed by atoms with Crippen molar-refractivity contribution >= 4 is 11.9 Å². The highest BCUT2D eigenvalue weighted by molar-refractivity contribution is 5.82. The first-order valence-corrected chi connectivity index (χ1v) is 19.7. The average molecular weight is 659 g/mol. The number of quaternary nitrogens is 1. The Hall–Kier alpha value is -2.14. The summed E-state index contributed by atoms with van der Waals surface area (Å²) in [5.41, 5.74) is 0. The third-order valence-electron chi connectivity index (χ3n) is 8.79. The van der Waals surface area contributed by atoms with E-state index in [0.717, 1.165) is 12.8 Å². The van der Waals surface area contributed by atoms with Crippen LogP contribution in [0.3, 0.4) is 0 Å². The number of hydrogen-bond acceptors (Lipinski definition) is 4. The molecule has 0 rings (SSSR count). The molecule has 47 heavy (non-hydrogen) atoms. The zero-order chi connectivity index (χ0) is 34.5. The van der Waals surface area contributed by atoms with Crippen LogP contribution in [0.1, 0.15) is 168 Å². The van der Waals surface area contributed by atoms with Gasteiger partial charge in [0.1, 0.15) is 26.3 Å². The van der Waals surface area contributed by atoms with Crippen LogP contribution in [0.25, 0.3) is 0 Å². The normalized spacial score (nSPS) is 12.3. The van der Waals surface area contributed by atoms with Crippen molar-refractivity contribution in [2.45, 2.75) is 168 Å². The zero-order valence-electron chi connectivity index (χ0n) is 31.5. The fraction of sp³-hybridized carbons (Fsp3) is 0.762. The van der Waals surface area contributed by atoms with E-state index in [4.69, 9.17) is 9.47 Å². The van der Waals surface area contributed by atoms with Crippen LogP contribution in [0, 0.1) is 0 Å². The fourth-order valence-electron chi connectivity index (χ4n) is 5.47. The summed E-state index contributed by atoms with van der Waals surface area (Å²) in [5, 5.41) is 0. The largest absolute Gasteiger partial charge is 0.457 e. The lowest BCUT2D eigenvalue weighted by atomic mass is 10.1. The first-order valence-electron chi connectivity index (χ1n) is 19.7. The lowest BCUT2D eigenvalue weighted by Crippen LogP contribution is -2.45. The number of unbranched alkanes of at least 4 members (excludes halogenated alkanes) is 22. The van der Waals surface area contributed by atoms with Gasteiger partial charge in [-0.2, -0.15) is 0 Å². The molecule has 0 aromatic heterocycles. The minimum absolute atomic E-state index is 0.322. The van der Waals surface area contributed by atoms with Gasteiger partial charge < -0.3 is 14.0 Å². The fourth-order valence-corrected chi connectivity index (χ4v) is 5.47. The maximum atomic E-state index is 12.0. The highest BCUT2D eigenvalue weighted by atomic mass is 16.5. The number of carbonyl (C=O) groups is 2. The summed E-state index contributed by atoms with van der Waals surface area (Å²) in [6.45, 7) is 6.51. The molecule has 0 amide bonds. The van der Waals surface area contributed by atoms with Gasteiger partial charge in [-0.1, -0.05) is 179 Å². The van der Waals surface area contributed by atoms with Gasteiger partial charge in [0, 0.05) is 12.2 Å². The van der Waals surface area contributed by atoms with Crippen LogP contribution in [0.5, 0.6) is 0 Å². The lowest BCUT2D eigenvalue weighted by Gasteiger charge is -2.28. The van der Waals surface area contributed by atoms with E-state index in [-0.39, 0.29) is 11.9 Å². The summed E-state index contributed by atoms with van der Waals surface area (Å²) in [5.74, 6) is -0.644. The van der Waals surface area contributed by atoms with Crippen molar-refractivity contribution in [2.24, 2.45) is 0 Å². The molecule has 0 aliphatic rings. The van der Waals surface area contributed by atoms with Crippen molar-refractivity contribution in [2.75, 3.05) is 40.4 Å². The topological polar surface area (TPSA) is 52.6 Å². The second kappa shape index (κ2) is 35.2. The average Bonchev–Trinajstić information content (AvgIpc) is 3.04. The van der Waals surface area contributed by atoms with Crippen molar-refractivity contribution in [3.63, 3.8) is 0 Å². The van der Waals surface area contributed by atoms with E-state index in [2.05, 4.69) is 26.0 Å². The van der Waals surface area contributed by atoms with Crippen LogP contribution >= 0.6 is 0 Å². The second-order valence-corrected chi connectivity index (χ2v) is 13.9. The molecular weight excluding hydrogens is 582 g/mol. The predicted octanol–water partition coefficient (Wildman–Crippen LogP) is 11.8. The molecule has 5 heteroatoms. The van der Waals surface area contributed by atoms with Gasteiger partial charge in [-0.15, -0.1) is 0 Å². The number of allylic oxidation sites excluding steroid dienone is 6. The van der Waals surface area contributed by atoms with Crippen LogP contribution in [0.15, 0.2) is 48.6 Å². The van der Waals surface area contributed by atoms with Gasteiger partial charge in [0.25, 0.3) is 0 Å². The van der Waals surface area contributed by atoms with Gasteiger partial charge in [-0.3, -0.25) is 0 Å². The maximum Gasteiger partial charge on any atom is 0.330 e. The van der Waals surface area contributed by atoms with Crippen molar-refractivity contribution in [1.82, 2.24) is 0 Å². The van der Waals surface area contributed by atoms with Gasteiger partial charge >= 0.3 is 11.9 Å². The van der Waals surface area contributed by atoms with Crippen molar-refractivity contribution in [1.29, 1.82) is 0 Å². The maximum absolute atomic E-state index is 12.0. The van der Waals surface area contributed by atoms with E-state index < -0.39 is 0 Å². The van der Waals surface area contributed by atoms with Crippen molar-refractivity contribution < 1.29 is 23.5 Å². The molecule has 0 heterocycles. The molecule has 0 aliphatic carbocycles. The molecule has 0 N–H and O–H groups in total. The van der Waals surface area contributed by atoms with Crippen LogP contribution < -0.4 is 0 Å². The summed E-state index contributed by atoms with van der Waals surface area (Å²) in [6, 6.07) is 0. The Labute approximate surface area is 291 Å². The molecule has 0 aliphatic heterocycles. The monoisotopic (exact) mass is 659 g/mol. The Morgan fingerprint density at radius 3 is 1.06 bits per heavy atom. The minimum atomic E-state index is -0.322. The molecule has 0 radical (unpaired) electrons. The summed E-state index contributed by atoms with van der Waals surface area (Å²) < 4.78 is 11.3. The molecule has 0 bridgehead atoms. The standard InChI is InChI=1S/C42H76NO4/c1-5-7-9-11-13-15-17-19-21-23-25-27-29-31-33-35-41(44)46-39-37-43(3,4)38-40-47-42(45)36-34-32-30-28-26-24-22-20-18-16-14-12-10-8-6-2/h29-36H,5-28,37-40H2,1-4H3/q+1/b31-29+,32-30+,35-33+,36-34+. The molecule has 0 atom stereocenters. The number of hydrogen-bond donors (Lipinski definition) is 0. The number of likely N-dealkylation sites (N-methyl/N-ethyl adjacent to an activating group) is 1. The van der Waals surface area contributed by atoms with Gasteiger partial charge in [0.05, 0.1) is 14.1 Å². The van der Waals surface area contributed by atoms with Crippen LogP contribution in [0.2, 0.25) is 0 Å². The van der Waals surface area contributed by atoms with E-state index in [1.807, 2.05) is 26.2 Å². The summed E-state index contributed by atoms with van der Waals surface area (Å²) in [7, 11) is 4.09. The van der Waals surface area contributed by atoms with Gasteiger partial charge in [-0.25, -0.2) is 9.59 Å². The Morgan fingerprint density at radius 2 is 0.745 bits per heavy atom.